The highest BCUT2D eigenvalue weighted by atomic mass is 32.2. The minimum absolute atomic E-state index is 0.167. The Hall–Kier alpha value is -0.820. The van der Waals surface area contributed by atoms with E-state index in [0.29, 0.717) is 30.1 Å². The third kappa shape index (κ3) is 6.63. The molecule has 2 aliphatic heterocycles. The molecule has 3 rings (SSSR count). The van der Waals surface area contributed by atoms with Gasteiger partial charge in [0, 0.05) is 31.8 Å². The molecule has 0 amide bonds. The van der Waals surface area contributed by atoms with Crippen LogP contribution >= 0.6 is 0 Å². The van der Waals surface area contributed by atoms with Gasteiger partial charge in [-0.2, -0.15) is 0 Å². The molecule has 1 atom stereocenters. The van der Waals surface area contributed by atoms with Crippen molar-refractivity contribution in [3.63, 3.8) is 0 Å². The maximum absolute atomic E-state index is 11.7. The van der Waals surface area contributed by atoms with Crippen LogP contribution in [0.5, 0.6) is 0 Å². The molecule has 0 spiro atoms. The molecule has 1 aliphatic carbocycles. The third-order valence-corrected chi connectivity index (χ3v) is 8.29. The van der Waals surface area contributed by atoms with Crippen molar-refractivity contribution >= 4 is 15.8 Å². The van der Waals surface area contributed by atoms with Crippen LogP contribution < -0.4 is 10.6 Å². The van der Waals surface area contributed by atoms with Crippen LogP contribution in [0.2, 0.25) is 0 Å². The summed E-state index contributed by atoms with van der Waals surface area (Å²) in [6, 6.07) is 0.864. The molecule has 0 bridgehead atoms. The Morgan fingerprint density at radius 3 is 2.19 bits per heavy atom. The molecule has 0 aromatic rings. The second kappa shape index (κ2) is 9.59. The Balaban J connectivity index is 1.56. The summed E-state index contributed by atoms with van der Waals surface area (Å²) < 4.78 is 28.9. The number of nitrogens with one attached hydrogen (secondary N) is 2. The predicted octanol–water partition coefficient (Wildman–Crippen LogP) is 2.35. The quantitative estimate of drug-likeness (QED) is 0.548. The van der Waals surface area contributed by atoms with Gasteiger partial charge in [-0.3, -0.25) is 4.99 Å². The predicted molar refractivity (Wildman–Crippen MR) is 110 cm³/mol. The van der Waals surface area contributed by atoms with Crippen LogP contribution in [-0.4, -0.2) is 57.7 Å². The summed E-state index contributed by atoms with van der Waals surface area (Å²) >= 11 is 0. The first-order valence-corrected chi connectivity index (χ1v) is 12.6. The van der Waals surface area contributed by atoms with Gasteiger partial charge in [0.1, 0.15) is 0 Å². The van der Waals surface area contributed by atoms with Gasteiger partial charge in [0.2, 0.25) is 0 Å². The van der Waals surface area contributed by atoms with Gasteiger partial charge in [-0.25, -0.2) is 8.42 Å². The van der Waals surface area contributed by atoms with Crippen LogP contribution in [0.3, 0.4) is 0 Å². The van der Waals surface area contributed by atoms with E-state index in [2.05, 4.69) is 24.5 Å². The van der Waals surface area contributed by atoms with Crippen LogP contribution in [0.1, 0.15) is 58.8 Å². The highest BCUT2D eigenvalue weighted by Gasteiger charge is 2.28. The lowest BCUT2D eigenvalue weighted by molar-refractivity contribution is 0.0821. The highest BCUT2D eigenvalue weighted by Crippen LogP contribution is 2.29. The van der Waals surface area contributed by atoms with Crippen molar-refractivity contribution in [1.82, 2.24) is 10.6 Å². The fourth-order valence-electron chi connectivity index (χ4n) is 4.53. The standard InChI is InChI=1S/C20H37N3O3S/c1-15(2)17-3-5-18(6-4-17)22-20(23-19-7-10-26-11-8-19)21-13-16-9-12-27(24,25)14-16/h15-19H,3-14H2,1-2H3,(H2,21,22,23). The van der Waals surface area contributed by atoms with Crippen molar-refractivity contribution in [2.75, 3.05) is 31.3 Å². The molecule has 2 N–H and O–H groups in total. The van der Waals surface area contributed by atoms with Crippen LogP contribution in [0.4, 0.5) is 0 Å². The van der Waals surface area contributed by atoms with Crippen LogP contribution in [0.25, 0.3) is 0 Å². The van der Waals surface area contributed by atoms with Crippen molar-refractivity contribution < 1.29 is 13.2 Å². The Labute approximate surface area is 164 Å². The van der Waals surface area contributed by atoms with Crippen molar-refractivity contribution in [2.45, 2.75) is 70.9 Å². The average Bonchev–Trinajstić information content (AvgIpc) is 3.00. The maximum atomic E-state index is 11.7. The molecule has 156 valence electrons. The third-order valence-electron chi connectivity index (χ3n) is 6.45. The number of hydrogen-bond acceptors (Lipinski definition) is 4. The van der Waals surface area contributed by atoms with Gasteiger partial charge in [-0.05, 0) is 62.7 Å². The SMILES string of the molecule is CC(C)C1CCC(NC(=NCC2CCS(=O)(=O)C2)NC2CCOCC2)CC1. The molecular weight excluding hydrogens is 362 g/mol. The van der Waals surface area contributed by atoms with Crippen molar-refractivity contribution in [2.24, 2.45) is 22.7 Å². The molecule has 2 saturated heterocycles. The lowest BCUT2D eigenvalue weighted by atomic mass is 9.80. The van der Waals surface area contributed by atoms with Crippen molar-refractivity contribution in [1.29, 1.82) is 0 Å². The number of aliphatic imine (C=N–C) groups is 1. The number of ether oxygens (including phenoxy) is 1. The second-order valence-corrected chi connectivity index (χ2v) is 11.2. The van der Waals surface area contributed by atoms with E-state index in [0.717, 1.165) is 50.3 Å². The largest absolute Gasteiger partial charge is 0.381 e. The van der Waals surface area contributed by atoms with Gasteiger partial charge >= 0.3 is 0 Å². The summed E-state index contributed by atoms with van der Waals surface area (Å²) in [6.45, 7) is 6.84. The van der Waals surface area contributed by atoms with E-state index in [1.54, 1.807) is 0 Å². The van der Waals surface area contributed by atoms with E-state index >= 15 is 0 Å². The van der Waals surface area contributed by atoms with Gasteiger partial charge in [0.15, 0.2) is 15.8 Å². The van der Waals surface area contributed by atoms with Gasteiger partial charge < -0.3 is 15.4 Å². The summed E-state index contributed by atoms with van der Waals surface area (Å²) in [7, 11) is -2.84. The molecule has 2 heterocycles. The second-order valence-electron chi connectivity index (χ2n) is 8.99. The molecule has 7 heteroatoms. The van der Waals surface area contributed by atoms with Crippen molar-refractivity contribution in [3.8, 4) is 0 Å². The van der Waals surface area contributed by atoms with Crippen molar-refractivity contribution in [3.05, 3.63) is 0 Å². The monoisotopic (exact) mass is 399 g/mol. The maximum Gasteiger partial charge on any atom is 0.191 e. The number of nitrogens with zero attached hydrogens (tertiary/aromatic N) is 1. The summed E-state index contributed by atoms with van der Waals surface area (Å²) in [4.78, 5) is 4.80. The molecule has 0 radical (unpaired) electrons. The van der Waals surface area contributed by atoms with Gasteiger partial charge in [-0.1, -0.05) is 13.8 Å². The zero-order valence-corrected chi connectivity index (χ0v) is 17.8. The molecule has 1 saturated carbocycles. The summed E-state index contributed by atoms with van der Waals surface area (Å²) in [6.07, 6.45) is 7.68. The minimum Gasteiger partial charge on any atom is -0.381 e. The molecule has 0 aromatic carbocycles. The lowest BCUT2D eigenvalue weighted by Crippen LogP contribution is -2.50. The number of sulfone groups is 1. The Kier molecular flexibility index (Phi) is 7.42. The molecular formula is C20H37N3O3S. The van der Waals surface area contributed by atoms with E-state index in [1.165, 1.54) is 25.7 Å². The molecule has 3 fully saturated rings. The van der Waals surface area contributed by atoms with E-state index in [1.807, 2.05) is 0 Å². The van der Waals surface area contributed by atoms with Crippen LogP contribution in [0.15, 0.2) is 4.99 Å². The Morgan fingerprint density at radius 2 is 1.63 bits per heavy atom. The van der Waals surface area contributed by atoms with E-state index in [-0.39, 0.29) is 5.92 Å². The molecule has 27 heavy (non-hydrogen) atoms. The molecule has 6 nitrogen and oxygen atoms in total. The zero-order chi connectivity index (χ0) is 19.3. The normalized spacial score (nSPS) is 32.6. The lowest BCUT2D eigenvalue weighted by Gasteiger charge is -2.33. The van der Waals surface area contributed by atoms with Gasteiger partial charge in [0.25, 0.3) is 0 Å². The number of hydrogen-bond donors (Lipinski definition) is 2. The molecule has 3 aliphatic rings. The molecule has 0 aromatic heterocycles. The van der Waals surface area contributed by atoms with Gasteiger partial charge in [-0.15, -0.1) is 0 Å². The van der Waals surface area contributed by atoms with E-state index < -0.39 is 9.84 Å². The first-order valence-electron chi connectivity index (χ1n) is 10.8. The van der Waals surface area contributed by atoms with E-state index in [9.17, 15) is 8.42 Å². The van der Waals surface area contributed by atoms with Crippen LogP contribution in [0, 0.1) is 17.8 Å². The smallest absolute Gasteiger partial charge is 0.191 e. The topological polar surface area (TPSA) is 79.8 Å². The zero-order valence-electron chi connectivity index (χ0n) is 17.0. The minimum atomic E-state index is -2.84. The average molecular weight is 400 g/mol. The van der Waals surface area contributed by atoms with E-state index in [4.69, 9.17) is 9.73 Å². The highest BCUT2D eigenvalue weighted by molar-refractivity contribution is 7.91. The summed E-state index contributed by atoms with van der Waals surface area (Å²) in [5.41, 5.74) is 0. The van der Waals surface area contributed by atoms with Gasteiger partial charge in [0.05, 0.1) is 11.5 Å². The summed E-state index contributed by atoms with van der Waals surface area (Å²) in [5.74, 6) is 3.27. The fourth-order valence-corrected chi connectivity index (χ4v) is 6.38. The number of rotatable bonds is 5. The molecule has 1 unspecified atom stereocenters. The first-order chi connectivity index (χ1) is 12.9. The fraction of sp³-hybridized carbons (Fsp3) is 0.950. The first kappa shape index (κ1) is 20.9. The summed E-state index contributed by atoms with van der Waals surface area (Å²) in [5, 5.41) is 7.25. The number of guanidine groups is 1. The Bertz CT molecular complexity index is 592. The van der Waals surface area contributed by atoms with Crippen LogP contribution in [-0.2, 0) is 14.6 Å². The Morgan fingerprint density at radius 1 is 1.00 bits per heavy atom.